The van der Waals surface area contributed by atoms with E-state index in [9.17, 15) is 9.59 Å². The first kappa shape index (κ1) is 18.5. The Balaban J connectivity index is 2.43. The summed E-state index contributed by atoms with van der Waals surface area (Å²) in [4.78, 5) is 24.7. The van der Waals surface area contributed by atoms with Crippen LogP contribution in [-0.4, -0.2) is 17.9 Å². The summed E-state index contributed by atoms with van der Waals surface area (Å²) in [5.74, 6) is -0.938. The van der Waals surface area contributed by atoms with Crippen LogP contribution < -0.4 is 5.32 Å². The van der Waals surface area contributed by atoms with Crippen molar-refractivity contribution < 1.29 is 14.3 Å². The predicted molar refractivity (Wildman–Crippen MR) is 98.6 cm³/mol. The molecule has 2 aromatic carbocycles. The van der Waals surface area contributed by atoms with Crippen LogP contribution in [0.4, 0.5) is 0 Å². The van der Waals surface area contributed by atoms with Gasteiger partial charge in [-0.3, -0.25) is 4.79 Å². The Labute approximate surface area is 148 Å². The van der Waals surface area contributed by atoms with Crippen LogP contribution in [0.1, 0.15) is 31.9 Å². The third-order valence-corrected chi connectivity index (χ3v) is 3.52. The van der Waals surface area contributed by atoms with Crippen molar-refractivity contribution in [2.24, 2.45) is 0 Å². The molecule has 130 valence electrons. The number of rotatable bonds is 7. The lowest BCUT2D eigenvalue weighted by Gasteiger charge is -2.17. The zero-order valence-corrected chi connectivity index (χ0v) is 14.8. The fraction of sp³-hybridized carbons (Fsp3) is 0.238. The Morgan fingerprint density at radius 1 is 0.960 bits per heavy atom. The summed E-state index contributed by atoms with van der Waals surface area (Å²) in [5.41, 5.74) is 2.35. The van der Waals surface area contributed by atoms with E-state index in [1.54, 1.807) is 13.8 Å². The predicted octanol–water partition coefficient (Wildman–Crippen LogP) is 3.73. The van der Waals surface area contributed by atoms with Crippen LogP contribution in [0.2, 0.25) is 0 Å². The van der Waals surface area contributed by atoms with Crippen LogP contribution in [0, 0.1) is 0 Å². The van der Waals surface area contributed by atoms with Gasteiger partial charge in [-0.1, -0.05) is 60.7 Å². The van der Waals surface area contributed by atoms with E-state index in [1.807, 2.05) is 60.7 Å². The number of ketones is 1. The molecule has 0 atom stereocenters. The van der Waals surface area contributed by atoms with E-state index >= 15 is 0 Å². The molecule has 0 saturated carbocycles. The van der Waals surface area contributed by atoms with E-state index in [-0.39, 0.29) is 17.5 Å². The van der Waals surface area contributed by atoms with Crippen molar-refractivity contribution >= 4 is 17.4 Å². The van der Waals surface area contributed by atoms with Gasteiger partial charge in [-0.25, -0.2) is 4.79 Å². The Hall–Kier alpha value is -2.88. The molecule has 2 rings (SSSR count). The lowest BCUT2D eigenvalue weighted by molar-refractivity contribution is -0.143. The number of Topliss-reactive ketones (excluding diaryl/α,β-unsaturated/α-hetero) is 1. The highest BCUT2D eigenvalue weighted by atomic mass is 16.5. The molecule has 0 fully saturated rings. The SMILES string of the molecule is CC(=O)C(C(=O)OC(C)C)=C(NCc1ccccc1)c1ccccc1. The number of esters is 1. The van der Waals surface area contributed by atoms with E-state index in [0.717, 1.165) is 11.1 Å². The Morgan fingerprint density at radius 2 is 1.52 bits per heavy atom. The maximum Gasteiger partial charge on any atom is 0.344 e. The summed E-state index contributed by atoms with van der Waals surface area (Å²) in [6.45, 7) is 5.39. The van der Waals surface area contributed by atoms with Crippen LogP contribution in [0.3, 0.4) is 0 Å². The lowest BCUT2D eigenvalue weighted by Crippen LogP contribution is -2.24. The third-order valence-electron chi connectivity index (χ3n) is 3.52. The van der Waals surface area contributed by atoms with Crippen molar-refractivity contribution in [3.63, 3.8) is 0 Å². The molecule has 2 aromatic rings. The smallest absolute Gasteiger partial charge is 0.344 e. The van der Waals surface area contributed by atoms with Gasteiger partial charge in [0, 0.05) is 6.54 Å². The molecule has 1 N–H and O–H groups in total. The van der Waals surface area contributed by atoms with Crippen molar-refractivity contribution in [3.8, 4) is 0 Å². The standard InChI is InChI=1S/C21H23NO3/c1-15(2)25-21(24)19(16(3)23)20(18-12-8-5-9-13-18)22-14-17-10-6-4-7-11-17/h4-13,15,22H,14H2,1-3H3. The summed E-state index contributed by atoms with van der Waals surface area (Å²) < 4.78 is 5.27. The number of nitrogens with one attached hydrogen (secondary N) is 1. The van der Waals surface area contributed by atoms with Gasteiger partial charge >= 0.3 is 5.97 Å². The van der Waals surface area contributed by atoms with Crippen LogP contribution in [0.25, 0.3) is 5.70 Å². The van der Waals surface area contributed by atoms with Gasteiger partial charge < -0.3 is 10.1 Å². The van der Waals surface area contributed by atoms with Gasteiger partial charge in [-0.05, 0) is 31.9 Å². The fourth-order valence-electron chi connectivity index (χ4n) is 2.42. The van der Waals surface area contributed by atoms with Gasteiger partial charge in [0.1, 0.15) is 5.57 Å². The molecular weight excluding hydrogens is 314 g/mol. The van der Waals surface area contributed by atoms with Gasteiger partial charge in [0.05, 0.1) is 11.8 Å². The van der Waals surface area contributed by atoms with E-state index in [4.69, 9.17) is 4.74 Å². The van der Waals surface area contributed by atoms with Gasteiger partial charge in [-0.15, -0.1) is 0 Å². The van der Waals surface area contributed by atoms with Crippen LogP contribution in [0.15, 0.2) is 66.2 Å². The van der Waals surface area contributed by atoms with E-state index in [2.05, 4.69) is 5.32 Å². The number of carbonyl (C=O) groups is 2. The molecule has 0 heterocycles. The lowest BCUT2D eigenvalue weighted by atomic mass is 10.0. The zero-order chi connectivity index (χ0) is 18.2. The molecule has 4 nitrogen and oxygen atoms in total. The number of hydrogen-bond donors (Lipinski definition) is 1. The molecule has 0 bridgehead atoms. The molecule has 25 heavy (non-hydrogen) atoms. The Kier molecular flexibility index (Phi) is 6.52. The highest BCUT2D eigenvalue weighted by molar-refractivity contribution is 6.21. The molecule has 0 aromatic heterocycles. The molecule has 0 spiro atoms. The normalized spacial score (nSPS) is 11.7. The largest absolute Gasteiger partial charge is 0.459 e. The maximum absolute atomic E-state index is 12.5. The molecule has 0 unspecified atom stereocenters. The molecule has 0 radical (unpaired) electrons. The molecule has 0 amide bonds. The van der Waals surface area contributed by atoms with Gasteiger partial charge in [-0.2, -0.15) is 0 Å². The second-order valence-corrected chi connectivity index (χ2v) is 5.97. The topological polar surface area (TPSA) is 55.4 Å². The van der Waals surface area contributed by atoms with Gasteiger partial charge in [0.15, 0.2) is 5.78 Å². The number of carbonyl (C=O) groups excluding carboxylic acids is 2. The number of hydrogen-bond acceptors (Lipinski definition) is 4. The first-order valence-electron chi connectivity index (χ1n) is 8.28. The first-order chi connectivity index (χ1) is 12.0. The quantitative estimate of drug-likeness (QED) is 0.362. The molecular formula is C21H23NO3. The molecule has 4 heteroatoms. The summed E-state index contributed by atoms with van der Waals surface area (Å²) in [5, 5.41) is 3.25. The monoisotopic (exact) mass is 337 g/mol. The molecule has 0 aliphatic carbocycles. The third kappa shape index (κ3) is 5.31. The van der Waals surface area contributed by atoms with Crippen LogP contribution >= 0.6 is 0 Å². The molecule has 0 aliphatic heterocycles. The number of benzene rings is 2. The summed E-state index contributed by atoms with van der Waals surface area (Å²) >= 11 is 0. The summed E-state index contributed by atoms with van der Waals surface area (Å²) in [7, 11) is 0. The highest BCUT2D eigenvalue weighted by Gasteiger charge is 2.23. The second-order valence-electron chi connectivity index (χ2n) is 5.97. The van der Waals surface area contributed by atoms with E-state index < -0.39 is 5.97 Å². The van der Waals surface area contributed by atoms with Crippen LogP contribution in [0.5, 0.6) is 0 Å². The maximum atomic E-state index is 12.5. The van der Waals surface area contributed by atoms with E-state index in [1.165, 1.54) is 6.92 Å². The number of ether oxygens (including phenoxy) is 1. The van der Waals surface area contributed by atoms with Crippen molar-refractivity contribution in [3.05, 3.63) is 77.4 Å². The average molecular weight is 337 g/mol. The van der Waals surface area contributed by atoms with Gasteiger partial charge in [0.2, 0.25) is 0 Å². The van der Waals surface area contributed by atoms with Gasteiger partial charge in [0.25, 0.3) is 0 Å². The fourth-order valence-corrected chi connectivity index (χ4v) is 2.42. The van der Waals surface area contributed by atoms with Crippen LogP contribution in [-0.2, 0) is 20.9 Å². The average Bonchev–Trinajstić information content (AvgIpc) is 2.59. The summed E-state index contributed by atoms with van der Waals surface area (Å²) in [6, 6.07) is 19.1. The minimum Gasteiger partial charge on any atom is -0.459 e. The molecule has 0 aliphatic rings. The zero-order valence-electron chi connectivity index (χ0n) is 14.8. The Bertz CT molecular complexity index is 749. The first-order valence-corrected chi connectivity index (χ1v) is 8.28. The van der Waals surface area contributed by atoms with E-state index in [0.29, 0.717) is 12.2 Å². The molecule has 0 saturated heterocycles. The minimum absolute atomic E-state index is 0.0378. The minimum atomic E-state index is -0.609. The highest BCUT2D eigenvalue weighted by Crippen LogP contribution is 2.19. The van der Waals surface area contributed by atoms with Crippen molar-refractivity contribution in [2.75, 3.05) is 0 Å². The second kappa shape index (κ2) is 8.83. The van der Waals surface area contributed by atoms with Crippen molar-refractivity contribution in [1.82, 2.24) is 5.32 Å². The summed E-state index contributed by atoms with van der Waals surface area (Å²) in [6.07, 6.45) is -0.298. The van der Waals surface area contributed by atoms with Crippen molar-refractivity contribution in [1.29, 1.82) is 0 Å². The van der Waals surface area contributed by atoms with Crippen molar-refractivity contribution in [2.45, 2.75) is 33.4 Å². The Morgan fingerprint density at radius 3 is 2.04 bits per heavy atom.